The molecule has 6 rings (SSSR count). The van der Waals surface area contributed by atoms with E-state index >= 15 is 4.39 Å². The number of nitrogens with two attached hydrogens (primary N) is 1. The highest BCUT2D eigenvalue weighted by Gasteiger charge is 2.48. The number of fused-ring (bicyclic) bond motifs is 4. The van der Waals surface area contributed by atoms with Crippen LogP contribution in [0.4, 0.5) is 10.2 Å². The highest BCUT2D eigenvalue weighted by atomic mass is 19.1. The molecule has 1 spiro atoms. The number of aliphatic imine (C=N–C) groups is 1. The van der Waals surface area contributed by atoms with Gasteiger partial charge >= 0.3 is 0 Å². The number of halogens is 1. The third kappa shape index (κ3) is 3.15. The van der Waals surface area contributed by atoms with Gasteiger partial charge in [-0.2, -0.15) is 14.6 Å². The van der Waals surface area contributed by atoms with Crippen LogP contribution in [0.15, 0.2) is 53.5 Å². The van der Waals surface area contributed by atoms with Gasteiger partial charge in [-0.15, -0.1) is 0 Å². The number of amidine groups is 1. The van der Waals surface area contributed by atoms with E-state index < -0.39 is 11.5 Å². The molecule has 0 amide bonds. The molecule has 0 bridgehead atoms. The van der Waals surface area contributed by atoms with Crippen LogP contribution in [-0.4, -0.2) is 43.9 Å². The summed E-state index contributed by atoms with van der Waals surface area (Å²) in [4.78, 5) is 10.8. The van der Waals surface area contributed by atoms with E-state index in [0.29, 0.717) is 54.6 Å². The van der Waals surface area contributed by atoms with Crippen LogP contribution in [0, 0.1) is 17.3 Å². The maximum atomic E-state index is 15.3. The van der Waals surface area contributed by atoms with Crippen LogP contribution in [-0.2, 0) is 15.0 Å². The summed E-state index contributed by atoms with van der Waals surface area (Å²) < 4.78 is 32.3. The van der Waals surface area contributed by atoms with Crippen LogP contribution in [0.3, 0.4) is 0 Å². The predicted molar refractivity (Wildman–Crippen MR) is 122 cm³/mol. The molecule has 3 aromatic rings. The van der Waals surface area contributed by atoms with Gasteiger partial charge < -0.3 is 24.8 Å². The van der Waals surface area contributed by atoms with E-state index in [4.69, 9.17) is 19.9 Å². The average Bonchev–Trinajstić information content (AvgIpc) is 3.27. The number of nitriles is 1. The molecular weight excluding hydrogens is 437 g/mol. The summed E-state index contributed by atoms with van der Waals surface area (Å²) in [6.07, 6.45) is 0. The fourth-order valence-electron chi connectivity index (χ4n) is 4.70. The van der Waals surface area contributed by atoms with Gasteiger partial charge in [-0.1, -0.05) is 18.2 Å². The van der Waals surface area contributed by atoms with E-state index in [9.17, 15) is 5.26 Å². The molecule has 1 aromatic heterocycles. The first kappa shape index (κ1) is 20.4. The van der Waals surface area contributed by atoms with Crippen LogP contribution in [0.5, 0.6) is 11.5 Å². The van der Waals surface area contributed by atoms with E-state index in [-0.39, 0.29) is 18.4 Å². The number of aromatic nitrogens is 1. The SMILES string of the molecule is N#Cc1cccc(-c2ccc3c(c2)[C@@]2(COC(N)=N2)c2cc(N4CCOCC4)nc(F)c2O3)c1. The lowest BCUT2D eigenvalue weighted by atomic mass is 9.80. The van der Waals surface area contributed by atoms with Crippen molar-refractivity contribution in [2.45, 2.75) is 5.54 Å². The third-order valence-electron chi connectivity index (χ3n) is 6.39. The Balaban J connectivity index is 1.53. The Morgan fingerprint density at radius 3 is 2.65 bits per heavy atom. The second-order valence-electron chi connectivity index (χ2n) is 8.35. The number of anilines is 1. The van der Waals surface area contributed by atoms with Gasteiger partial charge in [-0.05, 0) is 41.5 Å². The summed E-state index contributed by atoms with van der Waals surface area (Å²) in [7, 11) is 0. The summed E-state index contributed by atoms with van der Waals surface area (Å²) in [5, 5.41) is 9.29. The summed E-state index contributed by atoms with van der Waals surface area (Å²) in [6, 6.07) is 16.9. The molecule has 9 heteroatoms. The molecule has 3 aliphatic heterocycles. The molecule has 34 heavy (non-hydrogen) atoms. The van der Waals surface area contributed by atoms with Crippen molar-refractivity contribution >= 4 is 11.8 Å². The van der Waals surface area contributed by atoms with Crippen molar-refractivity contribution in [2.75, 3.05) is 37.8 Å². The Morgan fingerprint density at radius 2 is 1.88 bits per heavy atom. The molecule has 0 saturated carbocycles. The molecule has 170 valence electrons. The number of ether oxygens (including phenoxy) is 3. The lowest BCUT2D eigenvalue weighted by molar-refractivity contribution is 0.122. The molecule has 0 unspecified atom stereocenters. The minimum absolute atomic E-state index is 0.0192. The van der Waals surface area contributed by atoms with Crippen LogP contribution in [0.2, 0.25) is 0 Å². The third-order valence-corrected chi connectivity index (χ3v) is 6.39. The lowest BCUT2D eigenvalue weighted by Crippen LogP contribution is -2.38. The molecule has 1 atom stereocenters. The zero-order valence-corrected chi connectivity index (χ0v) is 18.1. The number of nitrogens with zero attached hydrogens (tertiary/aromatic N) is 4. The molecule has 2 N–H and O–H groups in total. The Labute approximate surface area is 195 Å². The van der Waals surface area contributed by atoms with Crippen LogP contribution >= 0.6 is 0 Å². The van der Waals surface area contributed by atoms with Gasteiger partial charge in [-0.25, -0.2) is 4.99 Å². The van der Waals surface area contributed by atoms with Crippen molar-refractivity contribution in [3.05, 3.63) is 71.2 Å². The quantitative estimate of drug-likeness (QED) is 0.589. The number of benzene rings is 2. The molecule has 1 saturated heterocycles. The standard InChI is InChI=1S/C25H20FN5O3/c26-23-22-19(12-21(29-23)31-6-8-32-9-7-31)25(14-33-24(28)30-25)18-11-17(4-5-20(18)34-22)16-3-1-2-15(10-16)13-27/h1-5,10-12H,6-9,14H2,(H2,28,30)/t25-/m0/s1. The molecular formula is C25H20FN5O3. The number of hydrogen-bond acceptors (Lipinski definition) is 8. The Morgan fingerprint density at radius 1 is 1.06 bits per heavy atom. The van der Waals surface area contributed by atoms with Gasteiger partial charge in [0.25, 0.3) is 12.0 Å². The Hall–Kier alpha value is -4.16. The smallest absolute Gasteiger partial charge is 0.283 e. The fourth-order valence-corrected chi connectivity index (χ4v) is 4.70. The monoisotopic (exact) mass is 457 g/mol. The lowest BCUT2D eigenvalue weighted by Gasteiger charge is -2.35. The van der Waals surface area contributed by atoms with Gasteiger partial charge in [0.15, 0.2) is 11.3 Å². The van der Waals surface area contributed by atoms with Gasteiger partial charge in [0.2, 0.25) is 0 Å². The van der Waals surface area contributed by atoms with E-state index in [1.807, 2.05) is 35.2 Å². The summed E-state index contributed by atoms with van der Waals surface area (Å²) in [6.45, 7) is 2.41. The summed E-state index contributed by atoms with van der Waals surface area (Å²) in [5.41, 5.74) is 8.40. The van der Waals surface area contributed by atoms with Crippen molar-refractivity contribution in [3.63, 3.8) is 0 Å². The van der Waals surface area contributed by atoms with Gasteiger partial charge in [0, 0.05) is 24.2 Å². The minimum atomic E-state index is -1.08. The second kappa shape index (κ2) is 7.71. The molecule has 3 aliphatic rings. The highest BCUT2D eigenvalue weighted by molar-refractivity contribution is 5.78. The van der Waals surface area contributed by atoms with Gasteiger partial charge in [0.1, 0.15) is 18.2 Å². The van der Waals surface area contributed by atoms with E-state index in [0.717, 1.165) is 11.1 Å². The second-order valence-corrected chi connectivity index (χ2v) is 8.35. The molecule has 1 fully saturated rings. The topological polar surface area (TPSA) is 106 Å². The van der Waals surface area contributed by atoms with Crippen LogP contribution in [0.1, 0.15) is 16.7 Å². The van der Waals surface area contributed by atoms with E-state index in [1.165, 1.54) is 0 Å². The highest BCUT2D eigenvalue weighted by Crippen LogP contribution is 2.52. The summed E-state index contributed by atoms with van der Waals surface area (Å²) in [5.74, 6) is 0.250. The molecule has 4 heterocycles. The normalized spacial score (nSPS) is 20.6. The zero-order chi connectivity index (χ0) is 23.3. The maximum absolute atomic E-state index is 15.3. The molecule has 0 radical (unpaired) electrons. The minimum Gasteiger partial charge on any atom is -0.462 e. The van der Waals surface area contributed by atoms with E-state index in [1.54, 1.807) is 18.2 Å². The maximum Gasteiger partial charge on any atom is 0.283 e. The first-order chi connectivity index (χ1) is 16.6. The largest absolute Gasteiger partial charge is 0.462 e. The van der Waals surface area contributed by atoms with Gasteiger partial charge in [0.05, 0.1) is 24.8 Å². The number of morpholine rings is 1. The Kier molecular flexibility index (Phi) is 4.64. The fraction of sp³-hybridized carbons (Fsp3) is 0.240. The molecule has 0 aliphatic carbocycles. The van der Waals surface area contributed by atoms with Gasteiger partial charge in [-0.3, -0.25) is 0 Å². The average molecular weight is 457 g/mol. The van der Waals surface area contributed by atoms with Crippen LogP contribution in [0.25, 0.3) is 11.1 Å². The van der Waals surface area contributed by atoms with Crippen molar-refractivity contribution < 1.29 is 18.6 Å². The summed E-state index contributed by atoms with van der Waals surface area (Å²) >= 11 is 0. The Bertz CT molecular complexity index is 1380. The molecule has 8 nitrogen and oxygen atoms in total. The van der Waals surface area contributed by atoms with E-state index in [2.05, 4.69) is 16.0 Å². The van der Waals surface area contributed by atoms with Crippen molar-refractivity contribution in [1.82, 2.24) is 4.98 Å². The van der Waals surface area contributed by atoms with Crippen molar-refractivity contribution in [1.29, 1.82) is 5.26 Å². The van der Waals surface area contributed by atoms with Crippen LogP contribution < -0.4 is 15.4 Å². The predicted octanol–water partition coefficient (Wildman–Crippen LogP) is 3.29. The number of pyridine rings is 1. The van der Waals surface area contributed by atoms with Crippen molar-refractivity contribution in [2.24, 2.45) is 10.7 Å². The number of rotatable bonds is 2. The number of hydrogen-bond donors (Lipinski definition) is 1. The first-order valence-corrected chi connectivity index (χ1v) is 10.9. The zero-order valence-electron chi connectivity index (χ0n) is 18.1. The molecule has 2 aromatic carbocycles. The first-order valence-electron chi connectivity index (χ1n) is 10.9. The van der Waals surface area contributed by atoms with Crippen molar-refractivity contribution in [3.8, 4) is 28.7 Å².